The molecule has 1 fully saturated rings. The molecule has 0 aliphatic heterocycles. The van der Waals surface area contributed by atoms with Gasteiger partial charge in [0.25, 0.3) is 0 Å². The zero-order chi connectivity index (χ0) is 8.81. The molecule has 1 saturated carbocycles. The molecule has 1 atom stereocenters. The summed E-state index contributed by atoms with van der Waals surface area (Å²) in [6.07, 6.45) is 9.35. The van der Waals surface area contributed by atoms with Crippen LogP contribution in [0.25, 0.3) is 0 Å². The molecule has 0 radical (unpaired) electrons. The maximum absolute atomic E-state index is 8.75. The van der Waals surface area contributed by atoms with Crippen molar-refractivity contribution >= 4 is 0 Å². The highest BCUT2D eigenvalue weighted by Gasteiger charge is 2.22. The predicted molar refractivity (Wildman–Crippen MR) is 52.1 cm³/mol. The second kappa shape index (κ2) is 5.58. The van der Waals surface area contributed by atoms with E-state index in [1.54, 1.807) is 0 Å². The molecule has 0 aromatic carbocycles. The second-order valence-corrected chi connectivity index (χ2v) is 4.08. The molecule has 1 heteroatoms. The monoisotopic (exact) mass is 170 g/mol. The summed E-state index contributed by atoms with van der Waals surface area (Å²) in [5, 5.41) is 8.75. The van der Waals surface area contributed by atoms with Crippen LogP contribution in [0.15, 0.2) is 0 Å². The summed E-state index contributed by atoms with van der Waals surface area (Å²) in [5.41, 5.74) is 0. The fourth-order valence-electron chi connectivity index (χ4n) is 2.56. The van der Waals surface area contributed by atoms with Crippen LogP contribution in [0.1, 0.15) is 51.9 Å². The Morgan fingerprint density at radius 1 is 1.33 bits per heavy atom. The van der Waals surface area contributed by atoms with Crippen molar-refractivity contribution in [1.82, 2.24) is 0 Å². The van der Waals surface area contributed by atoms with Crippen molar-refractivity contribution in [2.24, 2.45) is 11.8 Å². The van der Waals surface area contributed by atoms with Gasteiger partial charge in [-0.3, -0.25) is 0 Å². The summed E-state index contributed by atoms with van der Waals surface area (Å²) in [6.45, 7) is 2.67. The van der Waals surface area contributed by atoms with Crippen LogP contribution in [0.5, 0.6) is 0 Å². The van der Waals surface area contributed by atoms with E-state index >= 15 is 0 Å². The third-order valence-corrected chi connectivity index (χ3v) is 3.32. The molecular formula is C11H22O. The summed E-state index contributed by atoms with van der Waals surface area (Å²) < 4.78 is 0. The first-order valence-corrected chi connectivity index (χ1v) is 5.49. The molecule has 1 N–H and O–H groups in total. The quantitative estimate of drug-likeness (QED) is 0.672. The smallest absolute Gasteiger partial charge is 0.0431 e. The lowest BCUT2D eigenvalue weighted by Gasteiger charge is -2.21. The average molecular weight is 170 g/mol. The van der Waals surface area contributed by atoms with Crippen molar-refractivity contribution in [3.05, 3.63) is 0 Å². The Morgan fingerprint density at radius 2 is 2.00 bits per heavy atom. The van der Waals surface area contributed by atoms with Gasteiger partial charge in [-0.1, -0.05) is 39.0 Å². The van der Waals surface area contributed by atoms with Crippen LogP contribution >= 0.6 is 0 Å². The maximum Gasteiger partial charge on any atom is 0.0431 e. The molecule has 12 heavy (non-hydrogen) atoms. The minimum Gasteiger partial charge on any atom is -0.396 e. The van der Waals surface area contributed by atoms with Gasteiger partial charge in [0.05, 0.1) is 0 Å². The maximum atomic E-state index is 8.75. The van der Waals surface area contributed by atoms with Gasteiger partial charge < -0.3 is 5.11 Å². The third kappa shape index (κ3) is 2.78. The van der Waals surface area contributed by atoms with E-state index in [0.717, 1.165) is 18.3 Å². The van der Waals surface area contributed by atoms with Gasteiger partial charge in [-0.25, -0.2) is 0 Å². The standard InChI is InChI=1S/C11H22O/c1-2-10(8-5-9-12)11-6-3-4-7-11/h10-12H,2-9H2,1H3. The topological polar surface area (TPSA) is 20.2 Å². The lowest BCUT2D eigenvalue weighted by Crippen LogP contribution is -2.11. The summed E-state index contributed by atoms with van der Waals surface area (Å²) in [5.74, 6) is 1.89. The Bertz CT molecular complexity index is 106. The lowest BCUT2D eigenvalue weighted by molar-refractivity contribution is 0.242. The van der Waals surface area contributed by atoms with Crippen LogP contribution in [0.2, 0.25) is 0 Å². The largest absolute Gasteiger partial charge is 0.396 e. The molecule has 0 amide bonds. The highest BCUT2D eigenvalue weighted by Crippen LogP contribution is 2.35. The molecule has 0 heterocycles. The number of hydrogen-bond acceptors (Lipinski definition) is 1. The van der Waals surface area contributed by atoms with E-state index in [1.807, 2.05) is 0 Å². The fourth-order valence-corrected chi connectivity index (χ4v) is 2.56. The first-order valence-electron chi connectivity index (χ1n) is 5.49. The average Bonchev–Trinajstić information content (AvgIpc) is 2.59. The molecule has 0 saturated heterocycles. The van der Waals surface area contributed by atoms with E-state index in [0.29, 0.717) is 6.61 Å². The molecule has 1 rings (SSSR count). The number of rotatable bonds is 5. The third-order valence-electron chi connectivity index (χ3n) is 3.32. The first-order chi connectivity index (χ1) is 5.88. The van der Waals surface area contributed by atoms with Crippen molar-refractivity contribution in [3.8, 4) is 0 Å². The van der Waals surface area contributed by atoms with Crippen molar-refractivity contribution in [2.45, 2.75) is 51.9 Å². The first kappa shape index (κ1) is 10.0. The SMILES string of the molecule is CCC(CCCO)C1CCCC1. The Balaban J connectivity index is 2.22. The van der Waals surface area contributed by atoms with Gasteiger partial charge in [-0.15, -0.1) is 0 Å². The molecule has 1 aliphatic carbocycles. The van der Waals surface area contributed by atoms with Crippen molar-refractivity contribution in [2.75, 3.05) is 6.61 Å². The van der Waals surface area contributed by atoms with E-state index in [-0.39, 0.29) is 0 Å². The molecule has 1 aliphatic rings. The summed E-state index contributed by atoms with van der Waals surface area (Å²) in [4.78, 5) is 0. The van der Waals surface area contributed by atoms with Gasteiger partial charge in [-0.05, 0) is 24.7 Å². The lowest BCUT2D eigenvalue weighted by atomic mass is 9.85. The highest BCUT2D eigenvalue weighted by molar-refractivity contribution is 4.74. The zero-order valence-electron chi connectivity index (χ0n) is 8.26. The Kier molecular flexibility index (Phi) is 4.67. The Labute approximate surface area is 76.2 Å². The number of hydrogen-bond donors (Lipinski definition) is 1. The van der Waals surface area contributed by atoms with Crippen LogP contribution in [0, 0.1) is 11.8 Å². The normalized spacial score (nSPS) is 21.5. The van der Waals surface area contributed by atoms with Crippen LogP contribution < -0.4 is 0 Å². The fraction of sp³-hybridized carbons (Fsp3) is 1.00. The molecule has 0 spiro atoms. The van der Waals surface area contributed by atoms with Crippen LogP contribution in [-0.2, 0) is 0 Å². The van der Waals surface area contributed by atoms with E-state index in [4.69, 9.17) is 5.11 Å². The van der Waals surface area contributed by atoms with Gasteiger partial charge in [-0.2, -0.15) is 0 Å². The summed E-state index contributed by atoms with van der Waals surface area (Å²) in [6, 6.07) is 0. The Hall–Kier alpha value is -0.0400. The van der Waals surface area contributed by atoms with Gasteiger partial charge >= 0.3 is 0 Å². The molecule has 0 aromatic heterocycles. The van der Waals surface area contributed by atoms with Gasteiger partial charge in [0, 0.05) is 6.61 Å². The van der Waals surface area contributed by atoms with Crippen molar-refractivity contribution < 1.29 is 5.11 Å². The minimum atomic E-state index is 0.378. The molecular weight excluding hydrogens is 148 g/mol. The van der Waals surface area contributed by atoms with E-state index < -0.39 is 0 Å². The van der Waals surface area contributed by atoms with Crippen LogP contribution in [0.4, 0.5) is 0 Å². The molecule has 72 valence electrons. The van der Waals surface area contributed by atoms with E-state index in [1.165, 1.54) is 38.5 Å². The van der Waals surface area contributed by atoms with Gasteiger partial charge in [0.2, 0.25) is 0 Å². The molecule has 1 unspecified atom stereocenters. The molecule has 1 nitrogen and oxygen atoms in total. The molecule has 0 bridgehead atoms. The van der Waals surface area contributed by atoms with Crippen LogP contribution in [0.3, 0.4) is 0 Å². The zero-order valence-corrected chi connectivity index (χ0v) is 8.26. The number of aliphatic hydroxyl groups excluding tert-OH is 1. The number of aliphatic hydroxyl groups is 1. The summed E-state index contributed by atoms with van der Waals surface area (Å²) in [7, 11) is 0. The van der Waals surface area contributed by atoms with Gasteiger partial charge in [0.15, 0.2) is 0 Å². The second-order valence-electron chi connectivity index (χ2n) is 4.08. The summed E-state index contributed by atoms with van der Waals surface area (Å²) >= 11 is 0. The van der Waals surface area contributed by atoms with E-state index in [9.17, 15) is 0 Å². The van der Waals surface area contributed by atoms with Crippen molar-refractivity contribution in [1.29, 1.82) is 0 Å². The van der Waals surface area contributed by atoms with Crippen molar-refractivity contribution in [3.63, 3.8) is 0 Å². The van der Waals surface area contributed by atoms with E-state index in [2.05, 4.69) is 6.92 Å². The Morgan fingerprint density at radius 3 is 2.50 bits per heavy atom. The molecule has 0 aromatic rings. The minimum absolute atomic E-state index is 0.378. The highest BCUT2D eigenvalue weighted by atomic mass is 16.2. The van der Waals surface area contributed by atoms with Gasteiger partial charge in [0.1, 0.15) is 0 Å². The van der Waals surface area contributed by atoms with Crippen LogP contribution in [-0.4, -0.2) is 11.7 Å². The predicted octanol–water partition coefficient (Wildman–Crippen LogP) is 2.98.